The largest absolute Gasteiger partial charge is 0.494 e. The number of aliphatic hydroxyl groups is 1. The summed E-state index contributed by atoms with van der Waals surface area (Å²) in [5.74, 6) is -0.0746. The van der Waals surface area contributed by atoms with E-state index in [-0.39, 0.29) is 11.1 Å². The molecule has 0 fully saturated rings. The van der Waals surface area contributed by atoms with Crippen LogP contribution >= 0.6 is 0 Å². The van der Waals surface area contributed by atoms with Crippen LogP contribution in [0.25, 0.3) is 5.65 Å². The number of hydrogen-bond acceptors (Lipinski definition) is 5. The molecular formula is C20H24N4O4. The number of aromatic nitrogens is 3. The van der Waals surface area contributed by atoms with E-state index in [0.29, 0.717) is 29.9 Å². The van der Waals surface area contributed by atoms with E-state index in [1.54, 1.807) is 49.8 Å². The molecule has 0 bridgehead atoms. The van der Waals surface area contributed by atoms with Gasteiger partial charge in [-0.25, -0.2) is 4.98 Å². The summed E-state index contributed by atoms with van der Waals surface area (Å²) in [6.07, 6.45) is 6.33. The van der Waals surface area contributed by atoms with Crippen molar-refractivity contribution in [2.45, 2.75) is 32.3 Å². The van der Waals surface area contributed by atoms with Crippen LogP contribution in [-0.4, -0.2) is 37.7 Å². The molecule has 8 nitrogen and oxygen atoms in total. The molecule has 0 saturated carbocycles. The molecule has 148 valence electrons. The molecule has 3 aromatic heterocycles. The van der Waals surface area contributed by atoms with Crippen LogP contribution in [0.2, 0.25) is 0 Å². The molecule has 2 N–H and O–H groups in total. The molecule has 0 aliphatic carbocycles. The van der Waals surface area contributed by atoms with Gasteiger partial charge in [-0.3, -0.25) is 9.59 Å². The number of amides is 1. The second-order valence-electron chi connectivity index (χ2n) is 7.36. The molecule has 3 rings (SSSR count). The topological polar surface area (TPSA) is 97.9 Å². The van der Waals surface area contributed by atoms with E-state index in [2.05, 4.69) is 10.3 Å². The summed E-state index contributed by atoms with van der Waals surface area (Å²) >= 11 is 0. The molecule has 0 aromatic carbocycles. The number of ether oxygens (including phenoxy) is 1. The van der Waals surface area contributed by atoms with Crippen LogP contribution in [0.5, 0.6) is 5.75 Å². The van der Waals surface area contributed by atoms with Crippen LogP contribution < -0.4 is 15.6 Å². The first kappa shape index (κ1) is 19.6. The lowest BCUT2D eigenvalue weighted by Crippen LogP contribution is -2.27. The zero-order valence-electron chi connectivity index (χ0n) is 16.4. The standard InChI is InChI=1S/C20H24N4O4/c1-20(2,27)8-7-13-11-24-12-15(16(28-4)10-17(24)21-13)22-18(25)14-6-5-9-23(3)19(14)26/h5-6,9-12,27H,7-8H2,1-4H3,(H,22,25). The average molecular weight is 384 g/mol. The van der Waals surface area contributed by atoms with Gasteiger partial charge in [0.25, 0.3) is 11.5 Å². The second kappa shape index (κ2) is 7.47. The lowest BCUT2D eigenvalue weighted by atomic mass is 10.0. The average Bonchev–Trinajstić information content (AvgIpc) is 3.02. The first-order valence-electron chi connectivity index (χ1n) is 8.93. The van der Waals surface area contributed by atoms with Crippen LogP contribution in [0.15, 0.2) is 41.6 Å². The number of methoxy groups -OCH3 is 1. The maximum absolute atomic E-state index is 12.6. The molecule has 0 atom stereocenters. The quantitative estimate of drug-likeness (QED) is 0.677. The third-order valence-corrected chi connectivity index (χ3v) is 4.43. The number of aryl methyl sites for hydroxylation is 2. The number of pyridine rings is 2. The van der Waals surface area contributed by atoms with Gasteiger partial charge in [0.1, 0.15) is 22.6 Å². The Kier molecular flexibility index (Phi) is 5.24. The van der Waals surface area contributed by atoms with Gasteiger partial charge in [-0.2, -0.15) is 0 Å². The van der Waals surface area contributed by atoms with E-state index in [9.17, 15) is 14.7 Å². The summed E-state index contributed by atoms with van der Waals surface area (Å²) in [5, 5.41) is 12.6. The summed E-state index contributed by atoms with van der Waals surface area (Å²) in [5.41, 5.74) is 0.812. The Hall–Kier alpha value is -3.13. The molecule has 0 unspecified atom stereocenters. The minimum atomic E-state index is -0.769. The molecule has 28 heavy (non-hydrogen) atoms. The summed E-state index contributed by atoms with van der Waals surface area (Å²) in [7, 11) is 3.09. The number of carbonyl (C=O) groups is 1. The minimum Gasteiger partial charge on any atom is -0.494 e. The molecule has 8 heteroatoms. The summed E-state index contributed by atoms with van der Waals surface area (Å²) in [4.78, 5) is 29.3. The maximum Gasteiger partial charge on any atom is 0.263 e. The smallest absolute Gasteiger partial charge is 0.263 e. The minimum absolute atomic E-state index is 0.0450. The predicted octanol–water partition coefficient (Wildman–Crippen LogP) is 2.00. The Labute approximate surface area is 162 Å². The van der Waals surface area contributed by atoms with Gasteiger partial charge >= 0.3 is 0 Å². The van der Waals surface area contributed by atoms with Gasteiger partial charge in [0.15, 0.2) is 0 Å². The number of hydrogen-bond donors (Lipinski definition) is 2. The van der Waals surface area contributed by atoms with Crippen molar-refractivity contribution in [3.63, 3.8) is 0 Å². The highest BCUT2D eigenvalue weighted by Crippen LogP contribution is 2.27. The fourth-order valence-electron chi connectivity index (χ4n) is 2.85. The molecule has 3 aromatic rings. The molecule has 0 radical (unpaired) electrons. The third-order valence-electron chi connectivity index (χ3n) is 4.43. The van der Waals surface area contributed by atoms with Gasteiger partial charge in [0.05, 0.1) is 18.4 Å². The third kappa shape index (κ3) is 4.23. The first-order valence-corrected chi connectivity index (χ1v) is 8.93. The number of imidazole rings is 1. The SMILES string of the molecule is COc1cc2nc(CCC(C)(C)O)cn2cc1NC(=O)c1cccn(C)c1=O. The van der Waals surface area contributed by atoms with E-state index < -0.39 is 11.5 Å². The highest BCUT2D eigenvalue weighted by molar-refractivity contribution is 6.04. The summed E-state index contributed by atoms with van der Waals surface area (Å²) in [6, 6.07) is 4.84. The van der Waals surface area contributed by atoms with Crippen molar-refractivity contribution in [3.05, 3.63) is 58.4 Å². The fourth-order valence-corrected chi connectivity index (χ4v) is 2.85. The number of nitrogens with one attached hydrogen (secondary N) is 1. The predicted molar refractivity (Wildman–Crippen MR) is 106 cm³/mol. The number of rotatable bonds is 6. The van der Waals surface area contributed by atoms with Crippen LogP contribution in [0.4, 0.5) is 5.69 Å². The zero-order chi connectivity index (χ0) is 20.5. The van der Waals surface area contributed by atoms with Gasteiger partial charge in [0.2, 0.25) is 0 Å². The van der Waals surface area contributed by atoms with Crippen LogP contribution in [0.1, 0.15) is 36.3 Å². The van der Waals surface area contributed by atoms with E-state index >= 15 is 0 Å². The summed E-state index contributed by atoms with van der Waals surface area (Å²) in [6.45, 7) is 3.51. The Balaban J connectivity index is 1.91. The van der Waals surface area contributed by atoms with Gasteiger partial charge in [-0.1, -0.05) is 0 Å². The fraction of sp³-hybridized carbons (Fsp3) is 0.350. The van der Waals surface area contributed by atoms with Crippen molar-refractivity contribution >= 4 is 17.2 Å². The lowest BCUT2D eigenvalue weighted by molar-refractivity contribution is 0.0711. The highest BCUT2D eigenvalue weighted by Gasteiger charge is 2.17. The molecule has 0 aliphatic heterocycles. The molecular weight excluding hydrogens is 360 g/mol. The second-order valence-corrected chi connectivity index (χ2v) is 7.36. The van der Waals surface area contributed by atoms with Gasteiger partial charge in [-0.05, 0) is 38.8 Å². The van der Waals surface area contributed by atoms with Gasteiger partial charge in [-0.15, -0.1) is 0 Å². The van der Waals surface area contributed by atoms with Crippen molar-refractivity contribution < 1.29 is 14.6 Å². The normalized spacial score (nSPS) is 11.6. The molecule has 1 amide bonds. The number of anilines is 1. The Morgan fingerprint density at radius 1 is 1.36 bits per heavy atom. The van der Waals surface area contributed by atoms with Crippen LogP contribution in [0.3, 0.4) is 0 Å². The molecule has 0 saturated heterocycles. The van der Waals surface area contributed by atoms with Gasteiger partial charge < -0.3 is 24.1 Å². The van der Waals surface area contributed by atoms with E-state index in [0.717, 1.165) is 5.69 Å². The Bertz CT molecular complexity index is 1080. The molecule has 3 heterocycles. The monoisotopic (exact) mass is 384 g/mol. The number of nitrogens with zero attached hydrogens (tertiary/aromatic N) is 3. The molecule has 0 spiro atoms. The van der Waals surface area contributed by atoms with Crippen molar-refractivity contribution in [3.8, 4) is 5.75 Å². The lowest BCUT2D eigenvalue weighted by Gasteiger charge is -2.15. The van der Waals surface area contributed by atoms with Gasteiger partial charge in [0, 0.05) is 31.7 Å². The van der Waals surface area contributed by atoms with Crippen molar-refractivity contribution in [1.82, 2.24) is 14.0 Å². The number of carbonyl (C=O) groups excluding carboxylic acids is 1. The van der Waals surface area contributed by atoms with Crippen LogP contribution in [-0.2, 0) is 13.5 Å². The summed E-state index contributed by atoms with van der Waals surface area (Å²) < 4.78 is 8.50. The number of fused-ring (bicyclic) bond motifs is 1. The van der Waals surface area contributed by atoms with E-state index in [1.165, 1.54) is 17.7 Å². The molecule has 0 aliphatic rings. The maximum atomic E-state index is 12.6. The Morgan fingerprint density at radius 2 is 2.11 bits per heavy atom. The van der Waals surface area contributed by atoms with Crippen LogP contribution in [0, 0.1) is 0 Å². The van der Waals surface area contributed by atoms with Crippen molar-refractivity contribution in [2.24, 2.45) is 7.05 Å². The van der Waals surface area contributed by atoms with E-state index in [4.69, 9.17) is 4.74 Å². The zero-order valence-corrected chi connectivity index (χ0v) is 16.4. The Morgan fingerprint density at radius 3 is 2.79 bits per heavy atom. The van der Waals surface area contributed by atoms with Crippen molar-refractivity contribution in [1.29, 1.82) is 0 Å². The van der Waals surface area contributed by atoms with Crippen molar-refractivity contribution in [2.75, 3.05) is 12.4 Å². The van der Waals surface area contributed by atoms with E-state index in [1.807, 2.05) is 6.20 Å². The highest BCUT2D eigenvalue weighted by atomic mass is 16.5. The first-order chi connectivity index (χ1) is 13.2.